The molecule has 2 aliphatic heterocycles. The van der Waals surface area contributed by atoms with Crippen molar-refractivity contribution in [3.8, 4) is 0 Å². The van der Waals surface area contributed by atoms with Crippen LogP contribution in [0.15, 0.2) is 30.3 Å². The Morgan fingerprint density at radius 2 is 1.53 bits per heavy atom. The number of carbonyl (C=O) groups is 5. The van der Waals surface area contributed by atoms with E-state index in [9.17, 15) is 24.0 Å². The number of alkyl carbamates (subject to hydrolysis) is 1. The molecular weight excluding hydrogens is 558 g/mol. The summed E-state index contributed by atoms with van der Waals surface area (Å²) >= 11 is 0. The Labute approximate surface area is 252 Å². The predicted octanol–water partition coefficient (Wildman–Crippen LogP) is 1.85. The summed E-state index contributed by atoms with van der Waals surface area (Å²) in [7, 11) is 1.50. The summed E-state index contributed by atoms with van der Waals surface area (Å²) in [6.07, 6.45) is -0.720. The monoisotopic (exact) mass is 603 g/mol. The first-order chi connectivity index (χ1) is 20.3. The lowest BCUT2D eigenvalue weighted by Gasteiger charge is -2.38. The number of hydrogen-bond donors (Lipinski definition) is 3. The zero-order valence-corrected chi connectivity index (χ0v) is 25.9. The van der Waals surface area contributed by atoms with Crippen LogP contribution in [0.5, 0.6) is 0 Å². The summed E-state index contributed by atoms with van der Waals surface area (Å²) in [5.41, 5.74) is 0.148. The van der Waals surface area contributed by atoms with E-state index in [0.29, 0.717) is 32.1 Å². The quantitative estimate of drug-likeness (QED) is 0.386. The number of benzene rings is 1. The van der Waals surface area contributed by atoms with Gasteiger partial charge >= 0.3 is 6.09 Å². The third kappa shape index (κ3) is 9.92. The number of nitrogens with one attached hydrogen (secondary N) is 3. The normalized spacial score (nSPS) is 20.5. The number of amides is 5. The van der Waals surface area contributed by atoms with Crippen LogP contribution >= 0.6 is 0 Å². The standard InChI is InChI=1S/C30H45N5O8/c1-19(2)24(33-29(40)41-30(3,4)5)28(39)35-17-11-15-23(43-35)27(38)34-16-10-14-22(42-34)26(37)32-21(25(36)31-6)18-20-12-8-7-9-13-20/h7-9,12-13,19,21-24H,10-11,14-18H2,1-6H3,(H,31,36)(H,32,37)(H,33,40)/t21-,22+,23+,24-/m0/s1. The molecule has 2 heterocycles. The van der Waals surface area contributed by atoms with Gasteiger partial charge in [0.15, 0.2) is 12.2 Å². The Balaban J connectivity index is 1.61. The Morgan fingerprint density at radius 3 is 2.14 bits per heavy atom. The van der Waals surface area contributed by atoms with E-state index in [1.165, 1.54) is 7.05 Å². The minimum Gasteiger partial charge on any atom is -0.444 e. The van der Waals surface area contributed by atoms with Gasteiger partial charge in [0.1, 0.15) is 17.7 Å². The highest BCUT2D eigenvalue weighted by molar-refractivity contribution is 5.90. The largest absolute Gasteiger partial charge is 0.444 e. The summed E-state index contributed by atoms with van der Waals surface area (Å²) < 4.78 is 5.30. The second-order valence-electron chi connectivity index (χ2n) is 12.1. The molecular formula is C30H45N5O8. The van der Waals surface area contributed by atoms with Crippen molar-refractivity contribution in [2.45, 2.75) is 96.6 Å². The van der Waals surface area contributed by atoms with Gasteiger partial charge in [-0.15, -0.1) is 0 Å². The second-order valence-corrected chi connectivity index (χ2v) is 12.1. The highest BCUT2D eigenvalue weighted by atomic mass is 16.7. The molecule has 0 saturated carbocycles. The molecule has 0 aliphatic carbocycles. The Hall–Kier alpha value is -3.71. The van der Waals surface area contributed by atoms with Gasteiger partial charge in [-0.25, -0.2) is 14.9 Å². The van der Waals surface area contributed by atoms with Gasteiger partial charge in [-0.2, -0.15) is 0 Å². The number of hydrogen-bond acceptors (Lipinski definition) is 8. The molecule has 1 aromatic rings. The summed E-state index contributed by atoms with van der Waals surface area (Å²) in [6, 6.07) is 7.57. The topological polar surface area (TPSA) is 156 Å². The fourth-order valence-electron chi connectivity index (χ4n) is 4.79. The van der Waals surface area contributed by atoms with E-state index in [1.54, 1.807) is 34.6 Å². The maximum atomic E-state index is 13.4. The average Bonchev–Trinajstić information content (AvgIpc) is 2.98. The van der Waals surface area contributed by atoms with Crippen LogP contribution in [0.1, 0.15) is 65.9 Å². The van der Waals surface area contributed by atoms with E-state index >= 15 is 0 Å². The number of ether oxygens (including phenoxy) is 1. The minimum atomic E-state index is -1.01. The van der Waals surface area contributed by atoms with Gasteiger partial charge in [0, 0.05) is 26.6 Å². The van der Waals surface area contributed by atoms with Crippen molar-refractivity contribution in [2.75, 3.05) is 20.1 Å². The first-order valence-electron chi connectivity index (χ1n) is 14.8. The third-order valence-corrected chi connectivity index (χ3v) is 6.99. The molecule has 0 spiro atoms. The molecule has 0 aromatic heterocycles. The van der Waals surface area contributed by atoms with Crippen molar-refractivity contribution in [1.82, 2.24) is 26.1 Å². The van der Waals surface area contributed by atoms with Crippen molar-refractivity contribution in [1.29, 1.82) is 0 Å². The summed E-state index contributed by atoms with van der Waals surface area (Å²) in [6.45, 7) is 9.24. The molecule has 0 bridgehead atoms. The van der Waals surface area contributed by atoms with E-state index in [2.05, 4.69) is 16.0 Å². The molecule has 3 rings (SSSR count). The lowest BCUT2D eigenvalue weighted by atomic mass is 10.0. The molecule has 13 heteroatoms. The number of rotatable bonds is 9. The number of nitrogens with zero attached hydrogens (tertiary/aromatic N) is 2. The van der Waals surface area contributed by atoms with Crippen LogP contribution < -0.4 is 16.0 Å². The molecule has 2 fully saturated rings. The third-order valence-electron chi connectivity index (χ3n) is 6.99. The lowest BCUT2D eigenvalue weighted by Crippen LogP contribution is -2.57. The molecule has 1 aromatic carbocycles. The Bertz CT molecular complexity index is 1140. The SMILES string of the molecule is CNC(=O)[C@H](Cc1ccccc1)NC(=O)[C@H]1CCCN(C(=O)[C@H]2CCCN(C(=O)[C@@H](NC(=O)OC(C)(C)C)C(C)C)O2)O1. The lowest BCUT2D eigenvalue weighted by molar-refractivity contribution is -0.254. The Kier molecular flexibility index (Phi) is 11.9. The van der Waals surface area contributed by atoms with E-state index in [0.717, 1.165) is 15.7 Å². The zero-order chi connectivity index (χ0) is 31.7. The Morgan fingerprint density at radius 1 is 0.930 bits per heavy atom. The van der Waals surface area contributed by atoms with Crippen LogP contribution in [0.25, 0.3) is 0 Å². The molecule has 3 N–H and O–H groups in total. The van der Waals surface area contributed by atoms with Gasteiger partial charge in [-0.05, 0) is 57.9 Å². The molecule has 43 heavy (non-hydrogen) atoms. The van der Waals surface area contributed by atoms with Crippen molar-refractivity contribution < 1.29 is 38.4 Å². The first-order valence-corrected chi connectivity index (χ1v) is 14.8. The van der Waals surface area contributed by atoms with Crippen molar-refractivity contribution in [3.63, 3.8) is 0 Å². The maximum absolute atomic E-state index is 13.4. The zero-order valence-electron chi connectivity index (χ0n) is 25.9. The number of carbonyl (C=O) groups excluding carboxylic acids is 5. The van der Waals surface area contributed by atoms with Gasteiger partial charge in [-0.1, -0.05) is 44.2 Å². The summed E-state index contributed by atoms with van der Waals surface area (Å²) in [4.78, 5) is 76.3. The average molecular weight is 604 g/mol. The molecule has 238 valence electrons. The summed E-state index contributed by atoms with van der Waals surface area (Å²) in [5, 5.41) is 10.2. The van der Waals surface area contributed by atoms with Gasteiger partial charge in [-0.3, -0.25) is 28.9 Å². The second kappa shape index (κ2) is 15.1. The van der Waals surface area contributed by atoms with Crippen LogP contribution in [-0.2, 0) is 40.0 Å². The summed E-state index contributed by atoms with van der Waals surface area (Å²) in [5.74, 6) is -2.12. The van der Waals surface area contributed by atoms with Crippen molar-refractivity contribution in [3.05, 3.63) is 35.9 Å². The molecule has 0 unspecified atom stereocenters. The number of hydroxylamine groups is 4. The highest BCUT2D eigenvalue weighted by Crippen LogP contribution is 2.22. The van der Waals surface area contributed by atoms with Crippen molar-refractivity contribution >= 4 is 29.7 Å². The molecule has 2 aliphatic rings. The van der Waals surface area contributed by atoms with Crippen LogP contribution in [0.2, 0.25) is 0 Å². The van der Waals surface area contributed by atoms with E-state index in [-0.39, 0.29) is 24.9 Å². The predicted molar refractivity (Wildman–Crippen MR) is 156 cm³/mol. The molecule has 2 saturated heterocycles. The van der Waals surface area contributed by atoms with Gasteiger partial charge in [0.05, 0.1) is 0 Å². The minimum absolute atomic E-state index is 0.244. The van der Waals surface area contributed by atoms with Gasteiger partial charge < -0.3 is 20.7 Å². The fourth-order valence-corrected chi connectivity index (χ4v) is 4.79. The maximum Gasteiger partial charge on any atom is 0.408 e. The van der Waals surface area contributed by atoms with Crippen LogP contribution in [0, 0.1) is 5.92 Å². The van der Waals surface area contributed by atoms with Crippen molar-refractivity contribution in [2.24, 2.45) is 5.92 Å². The molecule has 5 amide bonds. The van der Waals surface area contributed by atoms with Gasteiger partial charge in [0.25, 0.3) is 17.7 Å². The molecule has 4 atom stereocenters. The van der Waals surface area contributed by atoms with E-state index in [1.807, 2.05) is 30.3 Å². The first kappa shape index (κ1) is 33.8. The number of likely N-dealkylation sites (N-methyl/N-ethyl adjacent to an activating group) is 1. The smallest absolute Gasteiger partial charge is 0.408 e. The molecule has 0 radical (unpaired) electrons. The van der Waals surface area contributed by atoms with E-state index < -0.39 is 53.7 Å². The van der Waals surface area contributed by atoms with Crippen LogP contribution in [-0.4, -0.2) is 89.9 Å². The van der Waals surface area contributed by atoms with Gasteiger partial charge in [0.2, 0.25) is 5.91 Å². The van der Waals surface area contributed by atoms with Crippen LogP contribution in [0.4, 0.5) is 4.79 Å². The van der Waals surface area contributed by atoms with Crippen LogP contribution in [0.3, 0.4) is 0 Å². The van der Waals surface area contributed by atoms with E-state index in [4.69, 9.17) is 14.4 Å². The fraction of sp³-hybridized carbons (Fsp3) is 0.633. The highest BCUT2D eigenvalue weighted by Gasteiger charge is 2.40. The molecule has 13 nitrogen and oxygen atoms in total.